The first-order chi connectivity index (χ1) is 4.26. The minimum atomic E-state index is -0.340. The van der Waals surface area contributed by atoms with E-state index < -0.39 is 0 Å². The van der Waals surface area contributed by atoms with Gasteiger partial charge >= 0.3 is 5.91 Å². The average Bonchev–Trinajstić information content (AvgIpc) is 1.90. The van der Waals surface area contributed by atoms with Crippen molar-refractivity contribution in [3.63, 3.8) is 0 Å². The zero-order valence-electron chi connectivity index (χ0n) is 5.42. The van der Waals surface area contributed by atoms with Crippen molar-refractivity contribution >= 4 is 5.91 Å². The number of carbonyl (C=O) groups is 1. The van der Waals surface area contributed by atoms with Crippen LogP contribution in [0.4, 0.5) is 0 Å². The van der Waals surface area contributed by atoms with E-state index >= 15 is 0 Å². The molecule has 0 bridgehead atoms. The van der Waals surface area contributed by atoms with Crippen molar-refractivity contribution in [2.75, 3.05) is 6.54 Å². The van der Waals surface area contributed by atoms with Gasteiger partial charge in [0.1, 0.15) is 0 Å². The summed E-state index contributed by atoms with van der Waals surface area (Å²) in [5.74, 6) is 1.64. The second-order valence-electron chi connectivity index (χ2n) is 1.42. The van der Waals surface area contributed by atoms with Crippen LogP contribution in [0.15, 0.2) is 12.8 Å². The minimum Gasteiger partial charge on any atom is -0.309 e. The third kappa shape index (κ3) is 2.00. The van der Waals surface area contributed by atoms with Crippen LogP contribution in [0, 0.1) is 12.3 Å². The predicted octanol–water partition coefficient (Wildman–Crippen LogP) is 0.612. The molecule has 1 amide bonds. The first-order valence-electron chi connectivity index (χ1n) is 2.66. The molecule has 0 saturated heterocycles. The molecule has 0 aromatic carbocycles. The molecule has 0 heterocycles. The summed E-state index contributed by atoms with van der Waals surface area (Å²) in [4.78, 5) is 12.0. The van der Waals surface area contributed by atoms with E-state index in [9.17, 15) is 4.79 Å². The SMILES string of the molecule is C#CC(=O)N(C=C)CC. The van der Waals surface area contributed by atoms with Gasteiger partial charge in [-0.1, -0.05) is 6.58 Å². The van der Waals surface area contributed by atoms with E-state index in [1.54, 1.807) is 0 Å². The largest absolute Gasteiger partial charge is 0.309 e. The molecule has 0 saturated carbocycles. The first kappa shape index (κ1) is 7.77. The van der Waals surface area contributed by atoms with E-state index in [-0.39, 0.29) is 5.91 Å². The molecule has 0 N–H and O–H groups in total. The normalized spacial score (nSPS) is 7.56. The number of nitrogens with zero attached hydrogens (tertiary/aromatic N) is 1. The molecule has 0 fully saturated rings. The van der Waals surface area contributed by atoms with Gasteiger partial charge in [-0.25, -0.2) is 0 Å². The molecule has 48 valence electrons. The Labute approximate surface area is 55.2 Å². The van der Waals surface area contributed by atoms with E-state index in [2.05, 4.69) is 6.58 Å². The van der Waals surface area contributed by atoms with E-state index in [4.69, 9.17) is 6.42 Å². The van der Waals surface area contributed by atoms with Gasteiger partial charge in [0.15, 0.2) is 0 Å². The maximum atomic E-state index is 10.6. The second-order valence-corrected chi connectivity index (χ2v) is 1.42. The van der Waals surface area contributed by atoms with E-state index in [0.29, 0.717) is 6.54 Å². The molecule has 0 aromatic rings. The van der Waals surface area contributed by atoms with Crippen molar-refractivity contribution in [3.8, 4) is 12.3 Å². The number of carbonyl (C=O) groups excluding carboxylic acids is 1. The van der Waals surface area contributed by atoms with Crippen LogP contribution in [-0.4, -0.2) is 17.4 Å². The molecular weight excluding hydrogens is 114 g/mol. The number of amides is 1. The highest BCUT2D eigenvalue weighted by Gasteiger charge is 2.00. The molecule has 0 aliphatic carbocycles. The lowest BCUT2D eigenvalue weighted by molar-refractivity contribution is -0.122. The number of rotatable bonds is 2. The zero-order chi connectivity index (χ0) is 7.28. The molecule has 2 nitrogen and oxygen atoms in total. The molecule has 9 heavy (non-hydrogen) atoms. The summed E-state index contributed by atoms with van der Waals surface area (Å²) >= 11 is 0. The predicted molar refractivity (Wildman–Crippen MR) is 36.4 cm³/mol. The summed E-state index contributed by atoms with van der Waals surface area (Å²) < 4.78 is 0. The molecule has 0 atom stereocenters. The summed E-state index contributed by atoms with van der Waals surface area (Å²) in [7, 11) is 0. The van der Waals surface area contributed by atoms with Crippen LogP contribution >= 0.6 is 0 Å². The maximum Gasteiger partial charge on any atom is 0.302 e. The van der Waals surface area contributed by atoms with Gasteiger partial charge in [0.25, 0.3) is 0 Å². The lowest BCUT2D eigenvalue weighted by atomic mass is 10.5. The van der Waals surface area contributed by atoms with Crippen LogP contribution in [0.5, 0.6) is 0 Å². The lowest BCUT2D eigenvalue weighted by Crippen LogP contribution is -2.22. The highest BCUT2D eigenvalue weighted by Crippen LogP contribution is 1.86. The van der Waals surface area contributed by atoms with Crippen LogP contribution in [0.3, 0.4) is 0 Å². The van der Waals surface area contributed by atoms with E-state index in [0.717, 1.165) is 0 Å². The molecule has 2 heteroatoms. The Hall–Kier alpha value is -1.23. The number of hydrogen-bond donors (Lipinski definition) is 0. The van der Waals surface area contributed by atoms with Gasteiger partial charge in [-0.2, -0.15) is 0 Å². The molecule has 0 rings (SSSR count). The zero-order valence-corrected chi connectivity index (χ0v) is 5.42. The Kier molecular flexibility index (Phi) is 3.22. The van der Waals surface area contributed by atoms with Gasteiger partial charge in [-0.05, 0) is 12.8 Å². The Bertz CT molecular complexity index is 155. The van der Waals surface area contributed by atoms with Gasteiger partial charge in [0.05, 0.1) is 0 Å². The van der Waals surface area contributed by atoms with Crippen LogP contribution in [-0.2, 0) is 4.79 Å². The van der Waals surface area contributed by atoms with Gasteiger partial charge in [0, 0.05) is 12.7 Å². The van der Waals surface area contributed by atoms with Crippen molar-refractivity contribution in [2.45, 2.75) is 6.92 Å². The summed E-state index contributed by atoms with van der Waals surface area (Å²) in [5, 5.41) is 0. The fourth-order valence-corrected chi connectivity index (χ4v) is 0.439. The monoisotopic (exact) mass is 123 g/mol. The molecule has 0 unspecified atom stereocenters. The molecule has 0 aliphatic rings. The smallest absolute Gasteiger partial charge is 0.302 e. The van der Waals surface area contributed by atoms with Gasteiger partial charge in [0.2, 0.25) is 0 Å². The van der Waals surface area contributed by atoms with E-state index in [1.165, 1.54) is 11.1 Å². The Balaban J connectivity index is 3.99. The molecular formula is C7H9NO. The van der Waals surface area contributed by atoms with Gasteiger partial charge in [-0.15, -0.1) is 6.42 Å². The van der Waals surface area contributed by atoms with Crippen molar-refractivity contribution < 1.29 is 4.79 Å². The minimum absolute atomic E-state index is 0.340. The molecule has 0 aliphatic heterocycles. The maximum absolute atomic E-state index is 10.6. The molecule has 0 aromatic heterocycles. The quantitative estimate of drug-likeness (QED) is 0.493. The number of terminal acetylenes is 1. The van der Waals surface area contributed by atoms with Crippen LogP contribution in [0.25, 0.3) is 0 Å². The van der Waals surface area contributed by atoms with Crippen LogP contribution in [0.2, 0.25) is 0 Å². The summed E-state index contributed by atoms with van der Waals surface area (Å²) in [6.45, 7) is 5.82. The average molecular weight is 123 g/mol. The van der Waals surface area contributed by atoms with E-state index in [1.807, 2.05) is 12.8 Å². The summed E-state index contributed by atoms with van der Waals surface area (Å²) in [6, 6.07) is 0. The highest BCUT2D eigenvalue weighted by molar-refractivity contribution is 5.93. The van der Waals surface area contributed by atoms with Crippen LogP contribution in [0.1, 0.15) is 6.92 Å². The highest BCUT2D eigenvalue weighted by atomic mass is 16.2. The fraction of sp³-hybridized carbons (Fsp3) is 0.286. The lowest BCUT2D eigenvalue weighted by Gasteiger charge is -2.09. The topological polar surface area (TPSA) is 20.3 Å². The van der Waals surface area contributed by atoms with Crippen molar-refractivity contribution in [1.82, 2.24) is 4.90 Å². The Morgan fingerprint density at radius 2 is 2.56 bits per heavy atom. The summed E-state index contributed by atoms with van der Waals surface area (Å²) in [5.41, 5.74) is 0. The first-order valence-corrected chi connectivity index (χ1v) is 2.66. The number of hydrogen-bond acceptors (Lipinski definition) is 1. The standard InChI is InChI=1S/C7H9NO/c1-4-7(9)8(5-2)6-3/h1,5H,2,6H2,3H3. The van der Waals surface area contributed by atoms with Gasteiger partial charge in [-0.3, -0.25) is 4.79 Å². The van der Waals surface area contributed by atoms with Crippen LogP contribution < -0.4 is 0 Å². The van der Waals surface area contributed by atoms with Gasteiger partial charge < -0.3 is 4.90 Å². The van der Waals surface area contributed by atoms with Crippen molar-refractivity contribution in [1.29, 1.82) is 0 Å². The summed E-state index contributed by atoms with van der Waals surface area (Å²) in [6.07, 6.45) is 6.25. The van der Waals surface area contributed by atoms with Crippen molar-refractivity contribution in [2.24, 2.45) is 0 Å². The third-order valence-corrected chi connectivity index (χ3v) is 0.945. The Morgan fingerprint density at radius 3 is 2.67 bits per heavy atom. The fourth-order valence-electron chi connectivity index (χ4n) is 0.439. The Morgan fingerprint density at radius 1 is 2.00 bits per heavy atom. The third-order valence-electron chi connectivity index (χ3n) is 0.945. The molecule has 0 radical (unpaired) electrons. The second kappa shape index (κ2) is 3.73. The molecule has 0 spiro atoms. The van der Waals surface area contributed by atoms with Crippen molar-refractivity contribution in [3.05, 3.63) is 12.8 Å².